The molecular weight excluding hydrogens is 354 g/mol. The third kappa shape index (κ3) is 3.75. The zero-order valence-electron chi connectivity index (χ0n) is 16.7. The highest BCUT2D eigenvalue weighted by molar-refractivity contribution is 5.48. The van der Waals surface area contributed by atoms with Gasteiger partial charge in [-0.1, -0.05) is 0 Å². The van der Waals surface area contributed by atoms with Gasteiger partial charge in [0.15, 0.2) is 5.65 Å². The summed E-state index contributed by atoms with van der Waals surface area (Å²) < 4.78 is 12.5. The molecule has 4 rings (SSSR count). The SMILES string of the molecule is COc1cc(CN2CCC[C@H](c3cc(N)n4nc(C)cc4n3)C2)cc(OC)c1. The molecule has 0 spiro atoms. The maximum Gasteiger partial charge on any atom is 0.157 e. The minimum absolute atomic E-state index is 0.365. The van der Waals surface area contributed by atoms with E-state index < -0.39 is 0 Å². The van der Waals surface area contributed by atoms with Crippen LogP contribution in [-0.2, 0) is 6.54 Å². The maximum atomic E-state index is 6.22. The Morgan fingerprint density at radius 2 is 1.86 bits per heavy atom. The topological polar surface area (TPSA) is 77.9 Å². The molecule has 0 unspecified atom stereocenters. The van der Waals surface area contributed by atoms with Gasteiger partial charge in [-0.3, -0.25) is 4.90 Å². The lowest BCUT2D eigenvalue weighted by Gasteiger charge is -2.32. The van der Waals surface area contributed by atoms with E-state index in [2.05, 4.69) is 22.1 Å². The van der Waals surface area contributed by atoms with E-state index in [1.165, 1.54) is 5.56 Å². The monoisotopic (exact) mass is 381 g/mol. The molecule has 0 amide bonds. The lowest BCUT2D eigenvalue weighted by atomic mass is 9.94. The van der Waals surface area contributed by atoms with Gasteiger partial charge in [0.05, 0.1) is 25.6 Å². The van der Waals surface area contributed by atoms with Crippen LogP contribution in [0.25, 0.3) is 5.65 Å². The number of benzene rings is 1. The van der Waals surface area contributed by atoms with Crippen LogP contribution in [0.3, 0.4) is 0 Å². The molecule has 0 saturated carbocycles. The molecule has 0 aliphatic carbocycles. The lowest BCUT2D eigenvalue weighted by molar-refractivity contribution is 0.198. The van der Waals surface area contributed by atoms with Gasteiger partial charge in [0.25, 0.3) is 0 Å². The highest BCUT2D eigenvalue weighted by Gasteiger charge is 2.24. The van der Waals surface area contributed by atoms with Gasteiger partial charge in [-0.25, -0.2) is 4.98 Å². The zero-order valence-corrected chi connectivity index (χ0v) is 16.7. The number of methoxy groups -OCH3 is 2. The molecule has 28 heavy (non-hydrogen) atoms. The van der Waals surface area contributed by atoms with Crippen LogP contribution in [0, 0.1) is 6.92 Å². The summed E-state index contributed by atoms with van der Waals surface area (Å²) in [6, 6.07) is 10.00. The fourth-order valence-electron chi connectivity index (χ4n) is 4.00. The number of aryl methyl sites for hydroxylation is 1. The van der Waals surface area contributed by atoms with Crippen molar-refractivity contribution in [2.24, 2.45) is 0 Å². The van der Waals surface area contributed by atoms with Gasteiger partial charge in [-0.15, -0.1) is 0 Å². The molecule has 1 saturated heterocycles. The Kier molecular flexibility index (Phi) is 5.09. The molecular formula is C21H27N5O2. The number of anilines is 1. The molecule has 2 N–H and O–H groups in total. The number of nitrogen functional groups attached to an aromatic ring is 1. The van der Waals surface area contributed by atoms with Gasteiger partial charge < -0.3 is 15.2 Å². The van der Waals surface area contributed by atoms with Crippen molar-refractivity contribution in [1.29, 1.82) is 0 Å². The Morgan fingerprint density at radius 1 is 1.11 bits per heavy atom. The summed E-state index contributed by atoms with van der Waals surface area (Å²) in [7, 11) is 3.36. The lowest BCUT2D eigenvalue weighted by Crippen LogP contribution is -2.34. The smallest absolute Gasteiger partial charge is 0.157 e. The first-order valence-electron chi connectivity index (χ1n) is 9.63. The van der Waals surface area contributed by atoms with E-state index in [1.807, 2.05) is 25.1 Å². The second-order valence-corrected chi connectivity index (χ2v) is 7.46. The molecule has 0 bridgehead atoms. The molecule has 3 aromatic rings. The van der Waals surface area contributed by atoms with Crippen molar-refractivity contribution in [1.82, 2.24) is 19.5 Å². The largest absolute Gasteiger partial charge is 0.497 e. The van der Waals surface area contributed by atoms with E-state index in [-0.39, 0.29) is 0 Å². The number of rotatable bonds is 5. The van der Waals surface area contributed by atoms with E-state index >= 15 is 0 Å². The van der Waals surface area contributed by atoms with Gasteiger partial charge in [-0.05, 0) is 44.0 Å². The highest BCUT2D eigenvalue weighted by Crippen LogP contribution is 2.30. The normalized spacial score (nSPS) is 17.8. The van der Waals surface area contributed by atoms with Gasteiger partial charge in [0.2, 0.25) is 0 Å². The number of aromatic nitrogens is 3. The van der Waals surface area contributed by atoms with Crippen LogP contribution < -0.4 is 15.2 Å². The molecule has 1 aliphatic heterocycles. The number of hydrogen-bond acceptors (Lipinski definition) is 6. The summed E-state index contributed by atoms with van der Waals surface area (Å²) in [5.74, 6) is 2.64. The molecule has 0 radical (unpaired) electrons. The van der Waals surface area contributed by atoms with Crippen LogP contribution in [0.15, 0.2) is 30.3 Å². The summed E-state index contributed by atoms with van der Waals surface area (Å²) in [6.45, 7) is 4.83. The van der Waals surface area contributed by atoms with Crippen molar-refractivity contribution >= 4 is 11.5 Å². The van der Waals surface area contributed by atoms with Crippen molar-refractivity contribution < 1.29 is 9.47 Å². The molecule has 7 nitrogen and oxygen atoms in total. The molecule has 7 heteroatoms. The zero-order chi connectivity index (χ0) is 19.7. The summed E-state index contributed by atoms with van der Waals surface area (Å²) in [5, 5.41) is 4.40. The number of likely N-dealkylation sites (tertiary alicyclic amines) is 1. The number of hydrogen-bond donors (Lipinski definition) is 1. The highest BCUT2D eigenvalue weighted by atomic mass is 16.5. The van der Waals surface area contributed by atoms with E-state index in [4.69, 9.17) is 20.2 Å². The van der Waals surface area contributed by atoms with E-state index in [0.717, 1.165) is 61.0 Å². The van der Waals surface area contributed by atoms with Gasteiger partial charge in [0.1, 0.15) is 17.3 Å². The molecule has 3 heterocycles. The Bertz CT molecular complexity index is 962. The average Bonchev–Trinajstić information content (AvgIpc) is 3.08. The Hall–Kier alpha value is -2.80. The van der Waals surface area contributed by atoms with Crippen molar-refractivity contribution in [2.75, 3.05) is 33.0 Å². The fraction of sp³-hybridized carbons (Fsp3) is 0.429. The average molecular weight is 381 g/mol. The minimum atomic E-state index is 0.365. The molecule has 1 atom stereocenters. The number of fused-ring (bicyclic) bond motifs is 1. The summed E-state index contributed by atoms with van der Waals surface area (Å²) in [4.78, 5) is 7.29. The predicted molar refractivity (Wildman–Crippen MR) is 109 cm³/mol. The van der Waals surface area contributed by atoms with Crippen LogP contribution in [0.1, 0.15) is 35.7 Å². The second-order valence-electron chi connectivity index (χ2n) is 7.46. The maximum absolute atomic E-state index is 6.22. The molecule has 2 aromatic heterocycles. The van der Waals surface area contributed by atoms with E-state index in [9.17, 15) is 0 Å². The standard InChI is InChI=1S/C21H27N5O2/c1-14-7-21-23-19(11-20(22)26(21)24-14)16-5-4-6-25(13-16)12-15-8-17(27-2)10-18(9-15)28-3/h7-11,16H,4-6,12-13,22H2,1-3H3/t16-/m0/s1. The number of piperidine rings is 1. The first-order chi connectivity index (χ1) is 13.6. The van der Waals surface area contributed by atoms with Gasteiger partial charge in [0, 0.05) is 37.2 Å². The van der Waals surface area contributed by atoms with Crippen LogP contribution in [0.4, 0.5) is 5.82 Å². The minimum Gasteiger partial charge on any atom is -0.497 e. The van der Waals surface area contributed by atoms with Gasteiger partial charge in [-0.2, -0.15) is 9.61 Å². The third-order valence-corrected chi connectivity index (χ3v) is 5.34. The van der Waals surface area contributed by atoms with Crippen molar-refractivity contribution in [2.45, 2.75) is 32.2 Å². The molecule has 148 valence electrons. The Labute approximate surface area is 165 Å². The van der Waals surface area contributed by atoms with Crippen LogP contribution in [-0.4, -0.2) is 46.8 Å². The first-order valence-corrected chi connectivity index (χ1v) is 9.63. The van der Waals surface area contributed by atoms with Crippen LogP contribution >= 0.6 is 0 Å². The van der Waals surface area contributed by atoms with Gasteiger partial charge >= 0.3 is 0 Å². The predicted octanol–water partition coefficient (Wildman–Crippen LogP) is 3.02. The van der Waals surface area contributed by atoms with Crippen molar-refractivity contribution in [3.05, 3.63) is 47.3 Å². The summed E-state index contributed by atoms with van der Waals surface area (Å²) in [6.07, 6.45) is 2.25. The van der Waals surface area contributed by atoms with E-state index in [0.29, 0.717) is 11.7 Å². The molecule has 1 aliphatic rings. The fourth-order valence-corrected chi connectivity index (χ4v) is 4.00. The van der Waals surface area contributed by atoms with Crippen LogP contribution in [0.2, 0.25) is 0 Å². The second kappa shape index (κ2) is 7.67. The number of nitrogens with zero attached hydrogens (tertiary/aromatic N) is 4. The van der Waals surface area contributed by atoms with Crippen molar-refractivity contribution in [3.8, 4) is 11.5 Å². The molecule has 1 aromatic carbocycles. The summed E-state index contributed by atoms with van der Waals surface area (Å²) in [5.41, 5.74) is 10.2. The Morgan fingerprint density at radius 3 is 2.57 bits per heavy atom. The van der Waals surface area contributed by atoms with Crippen molar-refractivity contribution in [3.63, 3.8) is 0 Å². The number of nitrogens with two attached hydrogens (primary N) is 1. The first kappa shape index (κ1) is 18.6. The number of ether oxygens (including phenoxy) is 2. The molecule has 1 fully saturated rings. The quantitative estimate of drug-likeness (QED) is 0.732. The Balaban J connectivity index is 1.53. The van der Waals surface area contributed by atoms with E-state index in [1.54, 1.807) is 18.7 Å². The summed E-state index contributed by atoms with van der Waals surface area (Å²) >= 11 is 0. The van der Waals surface area contributed by atoms with Crippen LogP contribution in [0.5, 0.6) is 11.5 Å². The third-order valence-electron chi connectivity index (χ3n) is 5.34.